The SMILES string of the molecule is CC(C)=CCCC(C)=CCCC(C)=CCSCC(Nc1cc(C)c[nH]1)C(N)=S. The lowest BCUT2D eigenvalue weighted by Crippen LogP contribution is -2.36. The number of nitrogens with two attached hydrogens (primary N) is 1. The smallest absolute Gasteiger partial charge is 0.104 e. The lowest BCUT2D eigenvalue weighted by molar-refractivity contribution is 0.917. The Morgan fingerprint density at radius 3 is 2.36 bits per heavy atom. The monoisotopic (exact) mass is 419 g/mol. The first-order chi connectivity index (χ1) is 13.3. The van der Waals surface area contributed by atoms with Crippen molar-refractivity contribution < 1.29 is 0 Å². The van der Waals surface area contributed by atoms with Crippen LogP contribution >= 0.6 is 24.0 Å². The van der Waals surface area contributed by atoms with Gasteiger partial charge in [0.25, 0.3) is 0 Å². The van der Waals surface area contributed by atoms with Gasteiger partial charge in [0.05, 0.1) is 11.0 Å². The van der Waals surface area contributed by atoms with Gasteiger partial charge in [0.15, 0.2) is 0 Å². The molecule has 1 atom stereocenters. The van der Waals surface area contributed by atoms with Crippen molar-refractivity contribution in [3.05, 3.63) is 52.8 Å². The number of aromatic amines is 1. The molecule has 0 spiro atoms. The Bertz CT molecular complexity index is 694. The third kappa shape index (κ3) is 11.4. The van der Waals surface area contributed by atoms with Crippen molar-refractivity contribution in [2.24, 2.45) is 5.73 Å². The van der Waals surface area contributed by atoms with E-state index in [4.69, 9.17) is 18.0 Å². The summed E-state index contributed by atoms with van der Waals surface area (Å²) >= 11 is 7.07. The fraction of sp³-hybridized carbons (Fsp3) is 0.522. The molecule has 0 aliphatic rings. The lowest BCUT2D eigenvalue weighted by atomic mass is 10.1. The van der Waals surface area contributed by atoms with E-state index in [1.807, 2.05) is 18.0 Å². The molecule has 156 valence electrons. The van der Waals surface area contributed by atoms with E-state index in [1.165, 1.54) is 22.3 Å². The molecule has 1 rings (SSSR count). The minimum atomic E-state index is -0.00172. The van der Waals surface area contributed by atoms with E-state index in [9.17, 15) is 0 Å². The predicted molar refractivity (Wildman–Crippen MR) is 132 cm³/mol. The second kappa shape index (κ2) is 13.7. The Kier molecular flexibility index (Phi) is 12.0. The fourth-order valence-electron chi connectivity index (χ4n) is 2.69. The van der Waals surface area contributed by atoms with E-state index in [0.717, 1.165) is 43.0 Å². The average molecular weight is 420 g/mol. The van der Waals surface area contributed by atoms with Gasteiger partial charge in [-0.25, -0.2) is 0 Å². The van der Waals surface area contributed by atoms with Crippen LogP contribution in [0, 0.1) is 6.92 Å². The van der Waals surface area contributed by atoms with E-state index in [-0.39, 0.29) is 6.04 Å². The van der Waals surface area contributed by atoms with E-state index in [2.05, 4.69) is 69.2 Å². The van der Waals surface area contributed by atoms with Gasteiger partial charge in [0, 0.05) is 17.7 Å². The zero-order chi connectivity index (χ0) is 20.9. The number of thioether (sulfide) groups is 1. The predicted octanol–water partition coefficient (Wildman–Crippen LogP) is 6.54. The molecule has 0 fully saturated rings. The molecule has 1 aromatic heterocycles. The molecule has 0 saturated heterocycles. The third-order valence-corrected chi connectivity index (χ3v) is 5.71. The van der Waals surface area contributed by atoms with Gasteiger partial charge in [-0.2, -0.15) is 11.8 Å². The summed E-state index contributed by atoms with van der Waals surface area (Å²) in [7, 11) is 0. The summed E-state index contributed by atoms with van der Waals surface area (Å²) in [6.45, 7) is 10.8. The molecule has 1 aromatic rings. The largest absolute Gasteiger partial charge is 0.392 e. The summed E-state index contributed by atoms with van der Waals surface area (Å²) < 4.78 is 0. The molecule has 28 heavy (non-hydrogen) atoms. The molecule has 5 heteroatoms. The van der Waals surface area contributed by atoms with Crippen molar-refractivity contribution in [3.8, 4) is 0 Å². The molecule has 3 nitrogen and oxygen atoms in total. The van der Waals surface area contributed by atoms with Crippen molar-refractivity contribution in [2.75, 3.05) is 16.8 Å². The molecular formula is C23H37N3S2. The molecule has 1 heterocycles. The van der Waals surface area contributed by atoms with Gasteiger partial charge in [-0.05, 0) is 71.9 Å². The van der Waals surface area contributed by atoms with Gasteiger partial charge in [-0.15, -0.1) is 0 Å². The standard InChI is InChI=1S/C23H37N3S2/c1-17(2)8-6-9-18(3)10-7-11-19(4)12-13-28-16-21(23(24)27)26-22-14-20(5)15-25-22/h8,10,12,14-15,21,25-26H,6-7,9,11,13,16H2,1-5H3,(H2,24,27). The zero-order valence-corrected chi connectivity index (χ0v) is 19.7. The van der Waals surface area contributed by atoms with Crippen molar-refractivity contribution in [1.29, 1.82) is 0 Å². The molecule has 4 N–H and O–H groups in total. The van der Waals surface area contributed by atoms with Gasteiger partial charge < -0.3 is 16.0 Å². The normalized spacial score (nSPS) is 13.3. The molecule has 0 aromatic carbocycles. The minimum Gasteiger partial charge on any atom is -0.392 e. The van der Waals surface area contributed by atoms with Crippen LogP contribution in [0.3, 0.4) is 0 Å². The highest BCUT2D eigenvalue weighted by Gasteiger charge is 2.12. The number of hydrogen-bond donors (Lipinski definition) is 3. The Hall–Kier alpha value is -1.46. The summed E-state index contributed by atoms with van der Waals surface area (Å²) in [4.78, 5) is 3.70. The van der Waals surface area contributed by atoms with Gasteiger partial charge >= 0.3 is 0 Å². The lowest BCUT2D eigenvalue weighted by Gasteiger charge is -2.17. The van der Waals surface area contributed by atoms with Crippen LogP contribution in [0.15, 0.2) is 47.2 Å². The first kappa shape index (κ1) is 24.6. The Morgan fingerprint density at radius 1 is 1.14 bits per heavy atom. The number of thiocarbonyl (C=S) groups is 1. The summed E-state index contributed by atoms with van der Waals surface area (Å²) in [5.41, 5.74) is 11.4. The Morgan fingerprint density at radius 2 is 1.79 bits per heavy atom. The molecule has 0 aliphatic carbocycles. The molecule has 0 radical (unpaired) electrons. The van der Waals surface area contributed by atoms with Crippen molar-refractivity contribution >= 4 is 34.8 Å². The van der Waals surface area contributed by atoms with Crippen molar-refractivity contribution in [3.63, 3.8) is 0 Å². The van der Waals surface area contributed by atoms with Crippen LogP contribution in [0.25, 0.3) is 0 Å². The van der Waals surface area contributed by atoms with Crippen molar-refractivity contribution in [2.45, 2.75) is 66.3 Å². The molecule has 0 bridgehead atoms. The molecular weight excluding hydrogens is 382 g/mol. The topological polar surface area (TPSA) is 53.8 Å². The van der Waals surface area contributed by atoms with Crippen LogP contribution in [0.5, 0.6) is 0 Å². The highest BCUT2D eigenvalue weighted by atomic mass is 32.2. The summed E-state index contributed by atoms with van der Waals surface area (Å²) in [6.07, 6.45) is 13.5. The maximum Gasteiger partial charge on any atom is 0.104 e. The number of hydrogen-bond acceptors (Lipinski definition) is 3. The van der Waals surface area contributed by atoms with E-state index >= 15 is 0 Å². The first-order valence-electron chi connectivity index (χ1n) is 10.0. The van der Waals surface area contributed by atoms with Gasteiger partial charge in [0.1, 0.15) is 5.82 Å². The zero-order valence-electron chi connectivity index (χ0n) is 18.1. The van der Waals surface area contributed by atoms with Crippen LogP contribution in [-0.4, -0.2) is 27.5 Å². The van der Waals surface area contributed by atoms with Crippen LogP contribution in [0.4, 0.5) is 5.82 Å². The summed E-state index contributed by atoms with van der Waals surface area (Å²) in [6, 6.07) is 2.06. The number of allylic oxidation sites excluding steroid dienone is 5. The van der Waals surface area contributed by atoms with Gasteiger partial charge in [-0.3, -0.25) is 0 Å². The van der Waals surface area contributed by atoms with Crippen LogP contribution in [-0.2, 0) is 0 Å². The maximum atomic E-state index is 5.89. The van der Waals surface area contributed by atoms with E-state index < -0.39 is 0 Å². The van der Waals surface area contributed by atoms with Gasteiger partial charge in [-0.1, -0.05) is 47.2 Å². The number of aromatic nitrogens is 1. The van der Waals surface area contributed by atoms with E-state index in [0.29, 0.717) is 4.99 Å². The molecule has 0 saturated carbocycles. The van der Waals surface area contributed by atoms with Crippen LogP contribution < -0.4 is 11.1 Å². The summed E-state index contributed by atoms with van der Waals surface area (Å²) in [5.74, 6) is 2.81. The maximum absolute atomic E-state index is 5.89. The molecule has 0 aliphatic heterocycles. The van der Waals surface area contributed by atoms with Crippen molar-refractivity contribution in [1.82, 2.24) is 4.98 Å². The summed E-state index contributed by atoms with van der Waals surface area (Å²) in [5, 5.41) is 3.38. The number of aryl methyl sites for hydroxylation is 1. The van der Waals surface area contributed by atoms with Gasteiger partial charge in [0.2, 0.25) is 0 Å². The molecule has 0 amide bonds. The first-order valence-corrected chi connectivity index (χ1v) is 11.6. The quantitative estimate of drug-likeness (QED) is 0.193. The Balaban J connectivity index is 2.30. The van der Waals surface area contributed by atoms with E-state index in [1.54, 1.807) is 0 Å². The number of anilines is 1. The average Bonchev–Trinajstić information content (AvgIpc) is 3.02. The number of rotatable bonds is 13. The number of nitrogens with one attached hydrogen (secondary N) is 2. The second-order valence-electron chi connectivity index (χ2n) is 7.69. The molecule has 1 unspecified atom stereocenters. The Labute approximate surface area is 181 Å². The second-order valence-corrected chi connectivity index (χ2v) is 9.23. The van der Waals surface area contributed by atoms with Crippen LogP contribution in [0.2, 0.25) is 0 Å². The minimum absolute atomic E-state index is 0.00172. The highest BCUT2D eigenvalue weighted by Crippen LogP contribution is 2.15. The highest BCUT2D eigenvalue weighted by molar-refractivity contribution is 7.99. The third-order valence-electron chi connectivity index (χ3n) is 4.46. The number of H-pyrrole nitrogens is 1. The fourth-order valence-corrected chi connectivity index (χ4v) is 3.98. The van der Waals surface area contributed by atoms with Crippen LogP contribution in [0.1, 0.15) is 58.9 Å².